The molecule has 4 rings (SSSR count). The third-order valence-electron chi connectivity index (χ3n) is 4.03. The molecule has 3 aromatic rings. The zero-order chi connectivity index (χ0) is 20.1. The number of aromatic nitrogens is 3. The number of hydrogen-bond donors (Lipinski definition) is 1. The number of H-pyrrole nitrogens is 1. The maximum Gasteiger partial charge on any atom is 0.507 e. The summed E-state index contributed by atoms with van der Waals surface area (Å²) in [5.74, 6) is 0.170. The molecule has 0 saturated carbocycles. The van der Waals surface area contributed by atoms with Crippen molar-refractivity contribution in [3.05, 3.63) is 35.7 Å². The summed E-state index contributed by atoms with van der Waals surface area (Å²) < 4.78 is 66.8. The van der Waals surface area contributed by atoms with Crippen LogP contribution in [0.4, 0.5) is 17.6 Å². The van der Waals surface area contributed by atoms with Gasteiger partial charge in [0.25, 0.3) is 0 Å². The van der Waals surface area contributed by atoms with E-state index in [0.29, 0.717) is 22.2 Å². The molecule has 0 unspecified atom stereocenters. The third-order valence-corrected chi connectivity index (χ3v) is 4.93. The highest BCUT2D eigenvalue weighted by atomic mass is 32.2. The second kappa shape index (κ2) is 6.43. The molecule has 28 heavy (non-hydrogen) atoms. The lowest BCUT2D eigenvalue weighted by atomic mass is 10.2. The standard InChI is InChI=1S/C17H13F4N3O3S/c1-8-6-22-9(3-12(8)25-2)7-28-15-23-10-4-13-14(5-11(10)24-15)27-17(20,21)16(18,19)26-13/h3-6H,7H2,1-2H3,(H,23,24). The number of ether oxygens (including phenoxy) is 3. The number of nitrogens with one attached hydrogen (secondary N) is 1. The number of aryl methyl sites for hydroxylation is 1. The first-order chi connectivity index (χ1) is 13.2. The van der Waals surface area contributed by atoms with Crippen molar-refractivity contribution in [1.29, 1.82) is 0 Å². The van der Waals surface area contributed by atoms with Gasteiger partial charge in [-0.15, -0.1) is 0 Å². The number of hydrogen-bond acceptors (Lipinski definition) is 6. The second-order valence-corrected chi connectivity index (χ2v) is 6.99. The van der Waals surface area contributed by atoms with Crippen molar-refractivity contribution in [1.82, 2.24) is 15.0 Å². The molecule has 0 fully saturated rings. The van der Waals surface area contributed by atoms with Crippen molar-refractivity contribution in [2.24, 2.45) is 0 Å². The molecule has 11 heteroatoms. The Labute approximate surface area is 160 Å². The van der Waals surface area contributed by atoms with Gasteiger partial charge in [-0.05, 0) is 6.92 Å². The van der Waals surface area contributed by atoms with E-state index in [0.717, 1.165) is 23.4 Å². The number of pyridine rings is 1. The Morgan fingerprint density at radius 3 is 2.46 bits per heavy atom. The maximum atomic E-state index is 13.3. The lowest BCUT2D eigenvalue weighted by Gasteiger charge is -2.31. The highest BCUT2D eigenvalue weighted by molar-refractivity contribution is 7.98. The Bertz CT molecular complexity index is 1000. The molecule has 0 bridgehead atoms. The van der Waals surface area contributed by atoms with E-state index in [2.05, 4.69) is 24.4 Å². The molecule has 2 aromatic heterocycles. The minimum absolute atomic E-state index is 0.278. The number of fused-ring (bicyclic) bond motifs is 2. The molecule has 148 valence electrons. The molecule has 1 aromatic carbocycles. The lowest BCUT2D eigenvalue weighted by molar-refractivity contribution is -0.391. The lowest BCUT2D eigenvalue weighted by Crippen LogP contribution is -2.52. The normalized spacial score (nSPS) is 16.9. The number of aromatic amines is 1. The Morgan fingerprint density at radius 1 is 1.11 bits per heavy atom. The van der Waals surface area contributed by atoms with Gasteiger partial charge in [-0.3, -0.25) is 4.98 Å². The Hall–Kier alpha value is -2.69. The molecule has 0 amide bonds. The molecular formula is C17H13F4N3O3S. The number of nitrogens with zero attached hydrogens (tertiary/aromatic N) is 2. The van der Waals surface area contributed by atoms with Crippen molar-refractivity contribution in [3.8, 4) is 17.2 Å². The van der Waals surface area contributed by atoms with Crippen molar-refractivity contribution in [2.45, 2.75) is 30.1 Å². The summed E-state index contributed by atoms with van der Waals surface area (Å²) in [4.78, 5) is 11.5. The predicted octanol–water partition coefficient (Wildman–Crippen LogP) is 4.52. The van der Waals surface area contributed by atoms with Crippen LogP contribution in [0, 0.1) is 6.92 Å². The summed E-state index contributed by atoms with van der Waals surface area (Å²) in [7, 11) is 1.57. The van der Waals surface area contributed by atoms with Crippen LogP contribution in [0.25, 0.3) is 11.0 Å². The summed E-state index contributed by atoms with van der Waals surface area (Å²) in [5, 5.41) is 0.456. The van der Waals surface area contributed by atoms with Crippen LogP contribution >= 0.6 is 11.8 Å². The molecular weight excluding hydrogens is 402 g/mol. The highest BCUT2D eigenvalue weighted by Gasteiger charge is 2.66. The van der Waals surface area contributed by atoms with Crippen LogP contribution in [0.15, 0.2) is 29.6 Å². The molecule has 0 spiro atoms. The zero-order valence-corrected chi connectivity index (χ0v) is 15.4. The fourth-order valence-electron chi connectivity index (χ4n) is 2.60. The quantitative estimate of drug-likeness (QED) is 0.499. The van der Waals surface area contributed by atoms with Crippen LogP contribution in [0.5, 0.6) is 17.2 Å². The minimum Gasteiger partial charge on any atom is -0.496 e. The second-order valence-electron chi connectivity index (χ2n) is 6.03. The average molecular weight is 415 g/mol. The van der Waals surface area contributed by atoms with E-state index >= 15 is 0 Å². The van der Waals surface area contributed by atoms with Crippen LogP contribution < -0.4 is 14.2 Å². The van der Waals surface area contributed by atoms with Crippen molar-refractivity contribution in [3.63, 3.8) is 0 Å². The van der Waals surface area contributed by atoms with Gasteiger partial charge in [0.15, 0.2) is 16.7 Å². The topological polar surface area (TPSA) is 69.3 Å². The average Bonchev–Trinajstić information content (AvgIpc) is 3.01. The third kappa shape index (κ3) is 3.19. The number of rotatable bonds is 4. The van der Waals surface area contributed by atoms with Crippen molar-refractivity contribution >= 4 is 22.8 Å². The molecule has 3 heterocycles. The molecule has 1 aliphatic rings. The molecule has 1 aliphatic heterocycles. The minimum atomic E-state index is -4.77. The van der Waals surface area contributed by atoms with E-state index in [4.69, 9.17) is 4.74 Å². The molecule has 6 nitrogen and oxygen atoms in total. The smallest absolute Gasteiger partial charge is 0.496 e. The molecule has 0 aliphatic carbocycles. The van der Waals surface area contributed by atoms with Crippen molar-refractivity contribution in [2.75, 3.05) is 7.11 Å². The van der Waals surface area contributed by atoms with E-state index in [9.17, 15) is 17.6 Å². The number of thioether (sulfide) groups is 1. The summed E-state index contributed by atoms with van der Waals surface area (Å²) in [6.07, 6.45) is -7.84. The monoisotopic (exact) mass is 415 g/mol. The predicted molar refractivity (Wildman–Crippen MR) is 92.3 cm³/mol. The van der Waals surface area contributed by atoms with Crippen molar-refractivity contribution < 1.29 is 31.8 Å². The van der Waals surface area contributed by atoms with Gasteiger partial charge in [0.05, 0.1) is 23.8 Å². The van der Waals surface area contributed by atoms with Gasteiger partial charge in [0, 0.05) is 35.7 Å². The SMILES string of the molecule is COc1cc(CSc2nc3cc4c(cc3[nH]2)OC(F)(F)C(F)(F)O4)ncc1C. The summed E-state index contributed by atoms with van der Waals surface area (Å²) in [6.45, 7) is 1.88. The summed E-state index contributed by atoms with van der Waals surface area (Å²) >= 11 is 1.30. The largest absolute Gasteiger partial charge is 0.507 e. The van der Waals surface area contributed by atoms with E-state index in [-0.39, 0.29) is 5.52 Å². The first-order valence-corrected chi connectivity index (χ1v) is 8.97. The van der Waals surface area contributed by atoms with Crippen LogP contribution in [0.1, 0.15) is 11.3 Å². The summed E-state index contributed by atoms with van der Waals surface area (Å²) in [5.41, 5.74) is 2.28. The number of alkyl halides is 4. The number of methoxy groups -OCH3 is 1. The zero-order valence-electron chi connectivity index (χ0n) is 14.6. The Balaban J connectivity index is 1.57. The number of halogens is 4. The highest BCUT2D eigenvalue weighted by Crippen LogP contribution is 2.48. The van der Waals surface area contributed by atoms with Crippen LogP contribution in [-0.4, -0.2) is 34.3 Å². The van der Waals surface area contributed by atoms with Gasteiger partial charge < -0.3 is 19.2 Å². The van der Waals surface area contributed by atoms with E-state index < -0.39 is 23.7 Å². The number of benzene rings is 1. The van der Waals surface area contributed by atoms with Gasteiger partial charge in [0.1, 0.15) is 5.75 Å². The maximum absolute atomic E-state index is 13.3. The van der Waals surface area contributed by atoms with E-state index in [1.165, 1.54) is 11.8 Å². The van der Waals surface area contributed by atoms with Gasteiger partial charge in [0.2, 0.25) is 0 Å². The van der Waals surface area contributed by atoms with Gasteiger partial charge in [-0.2, -0.15) is 17.6 Å². The molecule has 0 radical (unpaired) electrons. The van der Waals surface area contributed by atoms with Crippen LogP contribution in [0.2, 0.25) is 0 Å². The Morgan fingerprint density at radius 2 is 1.79 bits per heavy atom. The first-order valence-electron chi connectivity index (χ1n) is 7.98. The van der Waals surface area contributed by atoms with Gasteiger partial charge >= 0.3 is 12.2 Å². The Kier molecular flexibility index (Phi) is 4.29. The van der Waals surface area contributed by atoms with Crippen LogP contribution in [-0.2, 0) is 5.75 Å². The summed E-state index contributed by atoms with van der Waals surface area (Å²) in [6, 6.07) is 4.08. The van der Waals surface area contributed by atoms with Gasteiger partial charge in [-0.1, -0.05) is 11.8 Å². The van der Waals surface area contributed by atoms with Crippen LogP contribution in [0.3, 0.4) is 0 Å². The number of imidazole rings is 1. The fraction of sp³-hybridized carbons (Fsp3) is 0.294. The molecule has 0 atom stereocenters. The van der Waals surface area contributed by atoms with E-state index in [1.54, 1.807) is 19.4 Å². The molecule has 1 N–H and O–H groups in total. The first kappa shape index (κ1) is 18.7. The van der Waals surface area contributed by atoms with E-state index in [1.807, 2.05) is 6.92 Å². The molecule has 0 saturated heterocycles. The fourth-order valence-corrected chi connectivity index (χ4v) is 3.39. The van der Waals surface area contributed by atoms with Gasteiger partial charge in [-0.25, -0.2) is 4.98 Å².